The molecule has 52 heavy (non-hydrogen) atoms. The molecule has 1 fully saturated rings. The molecule has 0 amide bonds. The van der Waals surface area contributed by atoms with Gasteiger partial charge in [-0.1, -0.05) is 74.4 Å². The zero-order chi connectivity index (χ0) is 38.6. The van der Waals surface area contributed by atoms with E-state index in [2.05, 4.69) is 16.2 Å². The topological polar surface area (TPSA) is 213 Å². The Kier molecular flexibility index (Phi) is 12.4. The Morgan fingerprint density at radius 2 is 1.58 bits per heavy atom. The highest BCUT2D eigenvalue weighted by Crippen LogP contribution is 2.52. The normalized spacial score (nSPS) is 21.6. The van der Waals surface area contributed by atoms with E-state index in [0.29, 0.717) is 5.52 Å². The van der Waals surface area contributed by atoms with Crippen LogP contribution in [0.2, 0.25) is 0 Å². The molecule has 16 nitrogen and oxygen atoms in total. The Labute approximate surface area is 302 Å². The number of nitrogen functional groups attached to an aromatic ring is 1. The van der Waals surface area contributed by atoms with Crippen LogP contribution < -0.4 is 10.3 Å². The molecule has 4 rings (SSSR count). The summed E-state index contributed by atoms with van der Waals surface area (Å²) in [4.78, 5) is 42.4. The van der Waals surface area contributed by atoms with Crippen molar-refractivity contribution in [1.29, 1.82) is 5.26 Å². The van der Waals surface area contributed by atoms with Gasteiger partial charge in [-0.3, -0.25) is 18.9 Å². The summed E-state index contributed by atoms with van der Waals surface area (Å²) in [5.74, 6) is -3.67. The van der Waals surface area contributed by atoms with Crippen LogP contribution in [0.1, 0.15) is 73.6 Å². The zero-order valence-electron chi connectivity index (χ0n) is 30.7. The Hall–Kier alpha value is -4.55. The molecule has 2 N–H and O–H groups in total. The molecule has 1 aliphatic heterocycles. The quantitative estimate of drug-likeness (QED) is 0.0968. The molecule has 282 valence electrons. The molecular formula is C35H46N5O11P. The van der Waals surface area contributed by atoms with Crippen LogP contribution in [0.4, 0.5) is 5.82 Å². The number of benzene rings is 1. The molecule has 0 bridgehead atoms. The highest BCUT2D eigenvalue weighted by atomic mass is 31.2. The summed E-state index contributed by atoms with van der Waals surface area (Å²) < 4.78 is 55.7. The fourth-order valence-electron chi connectivity index (χ4n) is 5.05. The molecule has 0 aliphatic carbocycles. The predicted octanol–water partition coefficient (Wildman–Crippen LogP) is 5.24. The third kappa shape index (κ3) is 8.90. The first-order chi connectivity index (χ1) is 24.3. The molecule has 0 radical (unpaired) electrons. The number of ether oxygens (including phenoxy) is 4. The summed E-state index contributed by atoms with van der Waals surface area (Å²) >= 11 is 0. The number of rotatable bonds is 14. The van der Waals surface area contributed by atoms with Crippen molar-refractivity contribution >= 4 is 37.1 Å². The maximum Gasteiger partial charge on any atom is 0.533 e. The van der Waals surface area contributed by atoms with Crippen LogP contribution >= 0.6 is 7.82 Å². The molecule has 1 saturated heterocycles. The fraction of sp³-hybridized carbons (Fsp3) is 0.543. The summed E-state index contributed by atoms with van der Waals surface area (Å²) in [5.41, 5.74) is 5.07. The minimum Gasteiger partial charge on any atom is -0.455 e. The number of carbonyl (C=O) groups is 3. The Morgan fingerprint density at radius 1 is 0.962 bits per heavy atom. The summed E-state index contributed by atoms with van der Waals surface area (Å²) in [6, 6.07) is 11.9. The largest absolute Gasteiger partial charge is 0.533 e. The van der Waals surface area contributed by atoms with Crippen LogP contribution in [0.15, 0.2) is 42.7 Å². The molecule has 0 spiro atoms. The van der Waals surface area contributed by atoms with Crippen LogP contribution in [0, 0.1) is 29.1 Å². The van der Waals surface area contributed by atoms with Gasteiger partial charge in [0, 0.05) is 0 Å². The van der Waals surface area contributed by atoms with E-state index in [4.69, 9.17) is 38.3 Å². The molecule has 17 heteroatoms. The minimum atomic E-state index is -4.67. The van der Waals surface area contributed by atoms with Crippen LogP contribution in [0.25, 0.3) is 5.52 Å². The summed E-state index contributed by atoms with van der Waals surface area (Å²) in [7, 11) is -4.67. The molecule has 1 aromatic carbocycles. The molecule has 1 aliphatic rings. The first-order valence-electron chi connectivity index (χ1n) is 16.8. The summed E-state index contributed by atoms with van der Waals surface area (Å²) in [6.07, 6.45) is -3.32. The lowest BCUT2D eigenvalue weighted by molar-refractivity contribution is -0.173. The van der Waals surface area contributed by atoms with Gasteiger partial charge in [0.1, 0.15) is 29.8 Å². The summed E-state index contributed by atoms with van der Waals surface area (Å²) in [6.45, 7) is 14.2. The molecule has 3 heterocycles. The number of hydrogen-bond acceptors (Lipinski definition) is 15. The molecule has 0 saturated carbocycles. The second-order valence-electron chi connectivity index (χ2n) is 14.2. The van der Waals surface area contributed by atoms with Gasteiger partial charge in [-0.2, -0.15) is 10.4 Å². The Balaban J connectivity index is 1.76. The number of nitrogens with two attached hydrogens (primary N) is 1. The van der Waals surface area contributed by atoms with Gasteiger partial charge in [-0.15, -0.1) is 0 Å². The van der Waals surface area contributed by atoms with Gasteiger partial charge in [0.05, 0.1) is 30.1 Å². The smallest absolute Gasteiger partial charge is 0.455 e. The van der Waals surface area contributed by atoms with Crippen molar-refractivity contribution in [3.63, 3.8) is 0 Å². The average molecular weight is 744 g/mol. The monoisotopic (exact) mass is 743 g/mol. The second-order valence-corrected chi connectivity index (χ2v) is 15.8. The first-order valence-corrected chi connectivity index (χ1v) is 18.2. The fourth-order valence-corrected chi connectivity index (χ4v) is 6.12. The van der Waals surface area contributed by atoms with E-state index in [1.54, 1.807) is 71.9 Å². The highest BCUT2D eigenvalue weighted by molar-refractivity contribution is 7.48. The van der Waals surface area contributed by atoms with Crippen molar-refractivity contribution < 1.29 is 51.5 Å². The number of nitrogens with zero attached hydrogens (tertiary/aromatic N) is 4. The first kappa shape index (κ1) is 40.2. The molecule has 5 atom stereocenters. The Bertz CT molecular complexity index is 1850. The van der Waals surface area contributed by atoms with Gasteiger partial charge in [-0.25, -0.2) is 18.6 Å². The van der Waals surface area contributed by atoms with E-state index in [1.165, 1.54) is 16.9 Å². The number of phosphoric ester groups is 1. The van der Waals surface area contributed by atoms with Crippen molar-refractivity contribution in [2.75, 3.05) is 19.1 Å². The van der Waals surface area contributed by atoms with E-state index in [-0.39, 0.29) is 22.7 Å². The highest BCUT2D eigenvalue weighted by Gasteiger charge is 2.63. The van der Waals surface area contributed by atoms with Crippen molar-refractivity contribution in [3.8, 4) is 11.8 Å². The van der Waals surface area contributed by atoms with Crippen molar-refractivity contribution in [2.45, 2.75) is 91.6 Å². The second kappa shape index (κ2) is 16.0. The number of anilines is 1. The van der Waals surface area contributed by atoms with Gasteiger partial charge < -0.3 is 29.2 Å². The zero-order valence-corrected chi connectivity index (χ0v) is 31.6. The maximum atomic E-state index is 14.2. The van der Waals surface area contributed by atoms with Crippen molar-refractivity contribution in [2.24, 2.45) is 17.8 Å². The molecule has 1 unspecified atom stereocenters. The van der Waals surface area contributed by atoms with Gasteiger partial charge in [0.2, 0.25) is 12.4 Å². The van der Waals surface area contributed by atoms with E-state index in [0.717, 1.165) is 5.56 Å². The molecular weight excluding hydrogens is 697 g/mol. The van der Waals surface area contributed by atoms with E-state index < -0.39 is 80.8 Å². The van der Waals surface area contributed by atoms with E-state index in [9.17, 15) is 24.2 Å². The predicted molar refractivity (Wildman–Crippen MR) is 185 cm³/mol. The van der Waals surface area contributed by atoms with Crippen molar-refractivity contribution in [1.82, 2.24) is 14.6 Å². The number of fused-ring (bicyclic) bond motifs is 1. The lowest BCUT2D eigenvalue weighted by atomic mass is 9.87. The van der Waals surface area contributed by atoms with Gasteiger partial charge in [0.15, 0.2) is 18.0 Å². The van der Waals surface area contributed by atoms with Crippen LogP contribution in [-0.2, 0) is 58.0 Å². The number of aromatic nitrogens is 3. The number of phosphoric acid groups is 1. The van der Waals surface area contributed by atoms with Crippen LogP contribution in [0.5, 0.6) is 5.75 Å². The van der Waals surface area contributed by atoms with Gasteiger partial charge in [-0.05, 0) is 35.2 Å². The Morgan fingerprint density at radius 3 is 2.15 bits per heavy atom. The molecule has 3 aromatic rings. The minimum absolute atomic E-state index is 0.0731. The standard InChI is InChI=1S/C35H46N5O11P/c1-20(2)31(41)45-19-47-52(44,51-24-12-10-23(11-13-24)34(7,8)9)46-16-26-28(48-32(42)21(3)4)29(49-33(43)22(5)6)35(17-36,50-26)27-15-14-25-30(37)38-18-39-40(25)27/h10-15,18,20-22,26,28-29H,16,19H2,1-9H3,(H2,37,38,39)/t26-,28-,29-,35+,52?/m1/s1. The van der Waals surface area contributed by atoms with Crippen LogP contribution in [0.3, 0.4) is 0 Å². The average Bonchev–Trinajstić information content (AvgIpc) is 3.64. The number of carbonyl (C=O) groups excluding carboxylic acids is 3. The van der Waals surface area contributed by atoms with Gasteiger partial charge in [0.25, 0.3) is 0 Å². The number of nitriles is 1. The van der Waals surface area contributed by atoms with E-state index in [1.807, 2.05) is 20.8 Å². The van der Waals surface area contributed by atoms with Crippen molar-refractivity contribution in [3.05, 3.63) is 54.0 Å². The third-order valence-electron chi connectivity index (χ3n) is 8.09. The van der Waals surface area contributed by atoms with Crippen LogP contribution in [-0.4, -0.2) is 64.2 Å². The third-order valence-corrected chi connectivity index (χ3v) is 9.41. The SMILES string of the molecule is CC(C)C(=O)OCOP(=O)(OC[C@H]1O[C@@](C#N)(c2ccc3c(N)ncnn23)[C@H](OC(=O)C(C)C)[C@@H]1OC(=O)C(C)C)Oc1ccc(C(C)(C)C)cc1. The number of esters is 3. The summed E-state index contributed by atoms with van der Waals surface area (Å²) in [5, 5.41) is 15.1. The number of hydrogen-bond donors (Lipinski definition) is 1. The maximum absolute atomic E-state index is 14.2. The van der Waals surface area contributed by atoms with E-state index >= 15 is 0 Å². The lowest BCUT2D eigenvalue weighted by Crippen LogP contribution is -2.47. The van der Waals surface area contributed by atoms with Gasteiger partial charge >= 0.3 is 25.7 Å². The molecule has 2 aromatic heterocycles. The lowest BCUT2D eigenvalue weighted by Gasteiger charge is -2.29.